The molecule has 7 heteroatoms. The van der Waals surface area contributed by atoms with E-state index in [1.54, 1.807) is 13.0 Å². The molecule has 1 atom stereocenters. The molecule has 0 unspecified atom stereocenters. The second kappa shape index (κ2) is 7.75. The van der Waals surface area contributed by atoms with Crippen LogP contribution in [0, 0.1) is 17.5 Å². The Hall–Kier alpha value is -1.66. The molecule has 0 radical (unpaired) electrons. The SMILES string of the molecule is C[C@@H](SCc1ccc(F)cc1Cl)C(=O)Nc1cc(F)ccc1F. The molecule has 1 N–H and O–H groups in total. The largest absolute Gasteiger partial charge is 0.323 e. The quantitative estimate of drug-likeness (QED) is 0.812. The maximum absolute atomic E-state index is 13.5. The zero-order chi connectivity index (χ0) is 17.0. The molecule has 0 heterocycles. The van der Waals surface area contributed by atoms with Gasteiger partial charge in [-0.1, -0.05) is 17.7 Å². The van der Waals surface area contributed by atoms with Crippen LogP contribution in [0.2, 0.25) is 5.02 Å². The Kier molecular flexibility index (Phi) is 5.96. The first kappa shape index (κ1) is 17.7. The molecule has 0 aromatic heterocycles. The molecule has 122 valence electrons. The van der Waals surface area contributed by atoms with E-state index in [-0.39, 0.29) is 10.7 Å². The van der Waals surface area contributed by atoms with Gasteiger partial charge in [-0.2, -0.15) is 0 Å². The van der Waals surface area contributed by atoms with E-state index in [9.17, 15) is 18.0 Å². The maximum Gasteiger partial charge on any atom is 0.237 e. The molecule has 0 saturated carbocycles. The van der Waals surface area contributed by atoms with Crippen molar-refractivity contribution >= 4 is 35.0 Å². The molecule has 2 rings (SSSR count). The molecule has 0 bridgehead atoms. The van der Waals surface area contributed by atoms with Crippen LogP contribution in [0.5, 0.6) is 0 Å². The minimum atomic E-state index is -0.710. The topological polar surface area (TPSA) is 29.1 Å². The zero-order valence-corrected chi connectivity index (χ0v) is 13.6. The third-order valence-electron chi connectivity index (χ3n) is 3.06. The van der Waals surface area contributed by atoms with Gasteiger partial charge in [-0.25, -0.2) is 13.2 Å². The molecule has 1 amide bonds. The summed E-state index contributed by atoms with van der Waals surface area (Å²) in [6.07, 6.45) is 0. The van der Waals surface area contributed by atoms with E-state index in [1.165, 1.54) is 23.9 Å². The molecular weight excluding hydrogens is 347 g/mol. The normalized spacial score (nSPS) is 12.0. The summed E-state index contributed by atoms with van der Waals surface area (Å²) in [5.41, 5.74) is 0.483. The number of rotatable bonds is 5. The summed E-state index contributed by atoms with van der Waals surface area (Å²) in [6.45, 7) is 1.63. The Morgan fingerprint density at radius 2 is 1.83 bits per heavy atom. The van der Waals surface area contributed by atoms with Crippen molar-refractivity contribution in [1.82, 2.24) is 0 Å². The number of carbonyl (C=O) groups excluding carboxylic acids is 1. The molecule has 0 fully saturated rings. The predicted molar refractivity (Wildman–Crippen MR) is 87.2 cm³/mol. The average molecular weight is 360 g/mol. The number of carbonyl (C=O) groups is 1. The van der Waals surface area contributed by atoms with Crippen molar-refractivity contribution < 1.29 is 18.0 Å². The Morgan fingerprint density at radius 3 is 2.52 bits per heavy atom. The predicted octanol–water partition coefficient (Wildman–Crippen LogP) is 5.02. The van der Waals surface area contributed by atoms with E-state index in [1.807, 2.05) is 0 Å². The number of hydrogen-bond acceptors (Lipinski definition) is 2. The third-order valence-corrected chi connectivity index (χ3v) is 4.60. The van der Waals surface area contributed by atoms with Gasteiger partial charge in [0.05, 0.1) is 10.9 Å². The summed E-state index contributed by atoms with van der Waals surface area (Å²) in [7, 11) is 0. The summed E-state index contributed by atoms with van der Waals surface area (Å²) in [5, 5.41) is 2.09. The zero-order valence-electron chi connectivity index (χ0n) is 12.1. The summed E-state index contributed by atoms with van der Waals surface area (Å²) in [5.74, 6) is -1.85. The summed E-state index contributed by atoms with van der Waals surface area (Å²) in [4.78, 5) is 12.0. The van der Waals surface area contributed by atoms with Crippen LogP contribution in [-0.4, -0.2) is 11.2 Å². The molecule has 2 aromatic rings. The highest BCUT2D eigenvalue weighted by Gasteiger charge is 2.16. The molecule has 2 nitrogen and oxygen atoms in total. The van der Waals surface area contributed by atoms with Gasteiger partial charge in [-0.15, -0.1) is 11.8 Å². The number of thioether (sulfide) groups is 1. The van der Waals surface area contributed by atoms with Crippen LogP contribution in [-0.2, 0) is 10.5 Å². The summed E-state index contributed by atoms with van der Waals surface area (Å²) in [6, 6.07) is 6.86. The Morgan fingerprint density at radius 1 is 1.17 bits per heavy atom. The van der Waals surface area contributed by atoms with Gasteiger partial charge in [0.2, 0.25) is 5.91 Å². The van der Waals surface area contributed by atoms with Crippen molar-refractivity contribution in [1.29, 1.82) is 0 Å². The van der Waals surface area contributed by atoms with Crippen LogP contribution >= 0.6 is 23.4 Å². The average Bonchev–Trinajstić information content (AvgIpc) is 2.49. The molecule has 0 aliphatic carbocycles. The fraction of sp³-hybridized carbons (Fsp3) is 0.188. The van der Waals surface area contributed by atoms with Gasteiger partial charge in [0.25, 0.3) is 0 Å². The van der Waals surface area contributed by atoms with Gasteiger partial charge in [-0.05, 0) is 36.8 Å². The number of benzene rings is 2. The van der Waals surface area contributed by atoms with Gasteiger partial charge < -0.3 is 5.32 Å². The van der Waals surface area contributed by atoms with Crippen molar-refractivity contribution in [2.24, 2.45) is 0 Å². The van der Waals surface area contributed by atoms with Gasteiger partial charge in [0.1, 0.15) is 17.5 Å². The fourth-order valence-corrected chi connectivity index (χ4v) is 2.96. The lowest BCUT2D eigenvalue weighted by Gasteiger charge is -2.13. The molecule has 0 saturated heterocycles. The lowest BCUT2D eigenvalue weighted by Crippen LogP contribution is -2.23. The summed E-state index contributed by atoms with van der Waals surface area (Å²) >= 11 is 7.17. The second-order valence-corrected chi connectivity index (χ2v) is 6.54. The van der Waals surface area contributed by atoms with Crippen LogP contribution in [0.25, 0.3) is 0 Å². The van der Waals surface area contributed by atoms with Gasteiger partial charge >= 0.3 is 0 Å². The fourth-order valence-electron chi connectivity index (χ4n) is 1.76. The van der Waals surface area contributed by atoms with Crippen molar-refractivity contribution in [2.45, 2.75) is 17.9 Å². The third kappa shape index (κ3) is 4.91. The number of nitrogens with one attached hydrogen (secondary N) is 1. The number of hydrogen-bond donors (Lipinski definition) is 1. The van der Waals surface area contributed by atoms with Crippen molar-refractivity contribution in [2.75, 3.05) is 5.32 Å². The standard InChI is InChI=1S/C16H13ClF3NOS/c1-9(23-8-10-2-3-11(18)6-13(10)17)16(22)21-15-7-12(19)4-5-14(15)20/h2-7,9H,8H2,1H3,(H,21,22)/t9-/m1/s1. The highest BCUT2D eigenvalue weighted by molar-refractivity contribution is 7.99. The number of amides is 1. The maximum atomic E-state index is 13.5. The number of anilines is 1. The van der Waals surface area contributed by atoms with Crippen LogP contribution in [0.3, 0.4) is 0 Å². The van der Waals surface area contributed by atoms with Gasteiger partial charge in [0, 0.05) is 16.8 Å². The van der Waals surface area contributed by atoms with Gasteiger partial charge in [0.15, 0.2) is 0 Å². The van der Waals surface area contributed by atoms with Gasteiger partial charge in [-0.3, -0.25) is 4.79 Å². The molecule has 0 aliphatic heterocycles. The van der Waals surface area contributed by atoms with Crippen LogP contribution < -0.4 is 5.32 Å². The van der Waals surface area contributed by atoms with E-state index in [0.717, 1.165) is 18.2 Å². The first-order valence-corrected chi connectivity index (χ1v) is 8.11. The minimum absolute atomic E-state index is 0.206. The molecular formula is C16H13ClF3NOS. The Balaban J connectivity index is 1.96. The van der Waals surface area contributed by atoms with Crippen LogP contribution in [0.15, 0.2) is 36.4 Å². The monoisotopic (exact) mass is 359 g/mol. The summed E-state index contributed by atoms with van der Waals surface area (Å²) < 4.78 is 39.5. The van der Waals surface area contributed by atoms with Crippen molar-refractivity contribution in [3.05, 3.63) is 64.4 Å². The highest BCUT2D eigenvalue weighted by Crippen LogP contribution is 2.25. The smallest absolute Gasteiger partial charge is 0.237 e. The Bertz CT molecular complexity index is 726. The van der Waals surface area contributed by atoms with E-state index in [2.05, 4.69) is 5.32 Å². The van der Waals surface area contributed by atoms with Crippen LogP contribution in [0.1, 0.15) is 12.5 Å². The van der Waals surface area contributed by atoms with Crippen molar-refractivity contribution in [3.63, 3.8) is 0 Å². The Labute approximate surface area is 141 Å². The van der Waals surface area contributed by atoms with Crippen LogP contribution in [0.4, 0.5) is 18.9 Å². The molecule has 0 spiro atoms. The first-order valence-electron chi connectivity index (χ1n) is 6.68. The molecule has 2 aromatic carbocycles. The lowest BCUT2D eigenvalue weighted by atomic mass is 10.2. The first-order chi connectivity index (χ1) is 10.9. The van der Waals surface area contributed by atoms with E-state index in [4.69, 9.17) is 11.6 Å². The van der Waals surface area contributed by atoms with E-state index in [0.29, 0.717) is 11.3 Å². The second-order valence-electron chi connectivity index (χ2n) is 4.80. The van der Waals surface area contributed by atoms with E-state index >= 15 is 0 Å². The van der Waals surface area contributed by atoms with Crippen molar-refractivity contribution in [3.8, 4) is 0 Å². The lowest BCUT2D eigenvalue weighted by molar-refractivity contribution is -0.115. The molecule has 0 aliphatic rings. The van der Waals surface area contributed by atoms with E-state index < -0.39 is 28.6 Å². The minimum Gasteiger partial charge on any atom is -0.323 e. The molecule has 23 heavy (non-hydrogen) atoms. The number of halogens is 4. The highest BCUT2D eigenvalue weighted by atomic mass is 35.5.